The van der Waals surface area contributed by atoms with E-state index in [2.05, 4.69) is 10.00 Å². The maximum absolute atomic E-state index is 12.9. The first-order valence-corrected chi connectivity index (χ1v) is 10.00. The number of carbonyl (C=O) groups is 1. The Bertz CT molecular complexity index is 893. The molecule has 0 atom stereocenters. The second kappa shape index (κ2) is 9.26. The highest BCUT2D eigenvalue weighted by molar-refractivity contribution is 6.31. The van der Waals surface area contributed by atoms with Crippen molar-refractivity contribution in [1.29, 1.82) is 0 Å². The fourth-order valence-corrected chi connectivity index (χ4v) is 3.71. The molecule has 10 heteroatoms. The molecule has 1 amide bonds. The Morgan fingerprint density at radius 1 is 1.23 bits per heavy atom. The lowest BCUT2D eigenvalue weighted by molar-refractivity contribution is -0.141. The minimum absolute atomic E-state index is 0.0600. The number of benzene rings is 1. The second-order valence-electron chi connectivity index (χ2n) is 7.23. The molecule has 1 saturated heterocycles. The van der Waals surface area contributed by atoms with Gasteiger partial charge in [-0.2, -0.15) is 18.3 Å². The van der Waals surface area contributed by atoms with Crippen molar-refractivity contribution < 1.29 is 22.7 Å². The minimum atomic E-state index is -4.61. The van der Waals surface area contributed by atoms with Gasteiger partial charge >= 0.3 is 6.18 Å². The largest absolute Gasteiger partial charge is 0.497 e. The van der Waals surface area contributed by atoms with Gasteiger partial charge in [0.1, 0.15) is 5.75 Å². The Hall–Kier alpha value is -2.26. The molecule has 1 aliphatic rings. The Morgan fingerprint density at radius 3 is 2.53 bits per heavy atom. The molecule has 0 unspecified atom stereocenters. The molecule has 1 aliphatic heterocycles. The number of aryl methyl sites for hydroxylation is 1. The van der Waals surface area contributed by atoms with Crippen LogP contribution in [-0.2, 0) is 24.1 Å². The summed E-state index contributed by atoms with van der Waals surface area (Å²) < 4.78 is 45.2. The van der Waals surface area contributed by atoms with E-state index in [1.165, 1.54) is 6.92 Å². The fraction of sp³-hybridized carbons (Fsp3) is 0.500. The number of carbonyl (C=O) groups excluding carboxylic acids is 1. The Labute approximate surface area is 178 Å². The highest BCUT2D eigenvalue weighted by Crippen LogP contribution is 2.35. The third-order valence-corrected chi connectivity index (χ3v) is 5.66. The number of methoxy groups -OCH3 is 1. The predicted octanol–water partition coefficient (Wildman–Crippen LogP) is 3.61. The van der Waals surface area contributed by atoms with Crippen molar-refractivity contribution in [3.8, 4) is 5.75 Å². The molecule has 3 rings (SSSR count). The van der Waals surface area contributed by atoms with E-state index in [0.29, 0.717) is 13.1 Å². The van der Waals surface area contributed by atoms with Crippen molar-refractivity contribution in [2.45, 2.75) is 32.6 Å². The van der Waals surface area contributed by atoms with Crippen LogP contribution in [0, 0.1) is 6.92 Å². The summed E-state index contributed by atoms with van der Waals surface area (Å²) in [7, 11) is 1.63. The molecule has 164 valence electrons. The molecular formula is C20H24ClF3N4O2. The summed E-state index contributed by atoms with van der Waals surface area (Å²) in [6, 6.07) is 7.87. The van der Waals surface area contributed by atoms with Crippen molar-refractivity contribution >= 4 is 17.5 Å². The molecule has 1 aromatic heterocycles. The molecule has 0 aliphatic carbocycles. The highest BCUT2D eigenvalue weighted by Gasteiger charge is 2.38. The van der Waals surface area contributed by atoms with Gasteiger partial charge in [-0.05, 0) is 24.6 Å². The van der Waals surface area contributed by atoms with Crippen molar-refractivity contribution in [1.82, 2.24) is 19.6 Å². The molecule has 2 heterocycles. The van der Waals surface area contributed by atoms with Gasteiger partial charge in [0.2, 0.25) is 5.91 Å². The lowest BCUT2D eigenvalue weighted by Gasteiger charge is -2.35. The summed E-state index contributed by atoms with van der Waals surface area (Å²) in [6.45, 7) is 4.91. The number of aromatic nitrogens is 2. The van der Waals surface area contributed by atoms with Crippen LogP contribution in [0.2, 0.25) is 5.02 Å². The van der Waals surface area contributed by atoms with Crippen LogP contribution in [-0.4, -0.2) is 58.8 Å². The monoisotopic (exact) mass is 444 g/mol. The summed E-state index contributed by atoms with van der Waals surface area (Å²) in [5, 5.41) is 3.13. The number of ether oxygens (including phenoxy) is 1. The number of nitrogens with zero attached hydrogens (tertiary/aromatic N) is 4. The molecule has 1 fully saturated rings. The normalized spacial score (nSPS) is 15.5. The average molecular weight is 445 g/mol. The third kappa shape index (κ3) is 5.26. The van der Waals surface area contributed by atoms with Gasteiger partial charge in [0.15, 0.2) is 5.69 Å². The number of hydrogen-bond donors (Lipinski definition) is 0. The second-order valence-corrected chi connectivity index (χ2v) is 7.61. The molecular weight excluding hydrogens is 421 g/mol. The van der Waals surface area contributed by atoms with Crippen LogP contribution in [0.3, 0.4) is 0 Å². The lowest BCUT2D eigenvalue weighted by atomic mass is 10.2. The molecule has 0 N–H and O–H groups in total. The summed E-state index contributed by atoms with van der Waals surface area (Å²) in [6.07, 6.45) is -4.54. The van der Waals surface area contributed by atoms with E-state index in [4.69, 9.17) is 16.3 Å². The average Bonchev–Trinajstić information content (AvgIpc) is 3.01. The van der Waals surface area contributed by atoms with E-state index in [1.807, 2.05) is 24.3 Å². The summed E-state index contributed by atoms with van der Waals surface area (Å²) in [5.74, 6) is 0.708. The van der Waals surface area contributed by atoms with Crippen LogP contribution in [0.5, 0.6) is 5.75 Å². The SMILES string of the molecule is COc1cccc(CN2CCN(C(=O)CCn3nc(C(F)(F)F)c(Cl)c3C)CC2)c1. The van der Waals surface area contributed by atoms with Crippen molar-refractivity contribution in [2.24, 2.45) is 0 Å². The van der Waals surface area contributed by atoms with E-state index < -0.39 is 16.9 Å². The summed E-state index contributed by atoms with van der Waals surface area (Å²) in [4.78, 5) is 16.5. The zero-order chi connectivity index (χ0) is 21.9. The van der Waals surface area contributed by atoms with Gasteiger partial charge in [-0.3, -0.25) is 14.4 Å². The maximum atomic E-state index is 12.9. The van der Waals surface area contributed by atoms with Crippen LogP contribution in [0.15, 0.2) is 24.3 Å². The van der Waals surface area contributed by atoms with Crippen molar-refractivity contribution in [3.63, 3.8) is 0 Å². The van der Waals surface area contributed by atoms with E-state index >= 15 is 0 Å². The summed E-state index contributed by atoms with van der Waals surface area (Å²) >= 11 is 5.75. The molecule has 0 bridgehead atoms. The number of rotatable bonds is 6. The summed E-state index contributed by atoms with van der Waals surface area (Å²) in [5.41, 5.74) is 0.237. The number of amides is 1. The van der Waals surface area contributed by atoms with Gasteiger partial charge in [-0.15, -0.1) is 0 Å². The first kappa shape index (κ1) is 22.4. The first-order chi connectivity index (χ1) is 14.2. The smallest absolute Gasteiger partial charge is 0.436 e. The van der Waals surface area contributed by atoms with Gasteiger partial charge in [0.25, 0.3) is 0 Å². The molecule has 0 saturated carbocycles. The molecule has 0 radical (unpaired) electrons. The molecule has 6 nitrogen and oxygen atoms in total. The van der Waals surface area contributed by atoms with Crippen LogP contribution in [0.4, 0.5) is 13.2 Å². The minimum Gasteiger partial charge on any atom is -0.497 e. The Kier molecular flexibility index (Phi) is 6.92. The van der Waals surface area contributed by atoms with Crippen LogP contribution in [0.25, 0.3) is 0 Å². The van der Waals surface area contributed by atoms with Crippen LogP contribution < -0.4 is 4.74 Å². The van der Waals surface area contributed by atoms with Crippen molar-refractivity contribution in [3.05, 3.63) is 46.2 Å². The number of alkyl halides is 3. The zero-order valence-corrected chi connectivity index (χ0v) is 17.6. The van der Waals surface area contributed by atoms with Crippen molar-refractivity contribution in [2.75, 3.05) is 33.3 Å². The van der Waals surface area contributed by atoms with Gasteiger partial charge in [-0.1, -0.05) is 23.7 Å². The standard InChI is InChI=1S/C20H24ClF3N4O2/c1-14-18(21)19(20(22,23)24)25-28(14)7-6-17(29)27-10-8-26(9-11-27)13-15-4-3-5-16(12-15)30-2/h3-5,12H,6-11,13H2,1-2H3. The quantitative estimate of drug-likeness (QED) is 0.683. The first-order valence-electron chi connectivity index (χ1n) is 9.62. The highest BCUT2D eigenvalue weighted by atomic mass is 35.5. The number of piperazine rings is 1. The molecule has 0 spiro atoms. The third-order valence-electron chi connectivity index (χ3n) is 5.20. The van der Waals surface area contributed by atoms with Gasteiger partial charge < -0.3 is 9.64 Å². The molecule has 2 aromatic rings. The predicted molar refractivity (Wildman–Crippen MR) is 106 cm³/mol. The molecule has 1 aromatic carbocycles. The number of hydrogen-bond acceptors (Lipinski definition) is 4. The Balaban J connectivity index is 1.50. The van der Waals surface area contributed by atoms with Gasteiger partial charge in [0, 0.05) is 39.1 Å². The molecule has 30 heavy (non-hydrogen) atoms. The number of halogens is 4. The van der Waals surface area contributed by atoms with E-state index in [-0.39, 0.29) is 24.6 Å². The van der Waals surface area contributed by atoms with Crippen LogP contribution in [0.1, 0.15) is 23.4 Å². The fourth-order valence-electron chi connectivity index (χ4n) is 3.47. The lowest BCUT2D eigenvalue weighted by Crippen LogP contribution is -2.48. The zero-order valence-electron chi connectivity index (χ0n) is 16.9. The van der Waals surface area contributed by atoms with Gasteiger partial charge in [0.05, 0.1) is 24.4 Å². The van der Waals surface area contributed by atoms with E-state index in [0.717, 1.165) is 35.6 Å². The van der Waals surface area contributed by atoms with Crippen LogP contribution >= 0.6 is 11.6 Å². The Morgan fingerprint density at radius 2 is 1.93 bits per heavy atom. The van der Waals surface area contributed by atoms with E-state index in [1.54, 1.807) is 12.0 Å². The topological polar surface area (TPSA) is 50.6 Å². The van der Waals surface area contributed by atoms with E-state index in [9.17, 15) is 18.0 Å². The van der Waals surface area contributed by atoms with Gasteiger partial charge in [-0.25, -0.2) is 0 Å². The maximum Gasteiger partial charge on any atom is 0.436 e.